The molecule has 0 aromatic carbocycles. The van der Waals surface area contributed by atoms with Crippen molar-refractivity contribution < 1.29 is 13.6 Å². The van der Waals surface area contributed by atoms with Crippen LogP contribution in [-0.4, -0.2) is 20.0 Å². The van der Waals surface area contributed by atoms with Gasteiger partial charge in [0.05, 0.1) is 30.8 Å². The maximum Gasteiger partial charge on any atom is 0.193 e. The lowest BCUT2D eigenvalue weighted by Crippen LogP contribution is -2.55. The van der Waals surface area contributed by atoms with Gasteiger partial charge >= 0.3 is 0 Å². The van der Waals surface area contributed by atoms with Crippen molar-refractivity contribution in [2.24, 2.45) is 5.41 Å². The molecule has 1 aliphatic heterocycles. The SMILES string of the molecule is CC1(C)CC=C([C@@H](O[Si](C)(C)C(C)(C)C)[C@]2(C)Cc3cocc3CO2)C1. The van der Waals surface area contributed by atoms with Crippen LogP contribution in [0.25, 0.3) is 0 Å². The number of allylic oxidation sites excluding steroid dienone is 1. The van der Waals surface area contributed by atoms with E-state index >= 15 is 0 Å². The first-order valence-electron chi connectivity index (χ1n) is 9.88. The van der Waals surface area contributed by atoms with Crippen LogP contribution in [0.1, 0.15) is 65.5 Å². The highest BCUT2D eigenvalue weighted by atomic mass is 28.4. The second-order valence-corrected chi connectivity index (χ2v) is 15.5. The van der Waals surface area contributed by atoms with E-state index in [0.29, 0.717) is 12.0 Å². The predicted molar refractivity (Wildman–Crippen MR) is 109 cm³/mol. The summed E-state index contributed by atoms with van der Waals surface area (Å²) in [4.78, 5) is 0. The third-order valence-corrected chi connectivity index (χ3v) is 11.1. The molecule has 0 radical (unpaired) electrons. The van der Waals surface area contributed by atoms with Crippen LogP contribution in [0.3, 0.4) is 0 Å². The molecule has 0 unspecified atom stereocenters. The van der Waals surface area contributed by atoms with E-state index in [2.05, 4.69) is 60.7 Å². The molecule has 3 nitrogen and oxygen atoms in total. The summed E-state index contributed by atoms with van der Waals surface area (Å²) in [6.45, 7) is 19.1. The van der Waals surface area contributed by atoms with Gasteiger partial charge in [-0.25, -0.2) is 0 Å². The third kappa shape index (κ3) is 3.74. The summed E-state index contributed by atoms with van der Waals surface area (Å²) in [5.74, 6) is 0. The summed E-state index contributed by atoms with van der Waals surface area (Å²) in [6, 6.07) is 0. The topological polar surface area (TPSA) is 31.6 Å². The molecule has 1 aliphatic carbocycles. The van der Waals surface area contributed by atoms with E-state index in [1.165, 1.54) is 16.7 Å². The number of fused-ring (bicyclic) bond motifs is 1. The Bertz CT molecular complexity index is 692. The van der Waals surface area contributed by atoms with Crippen molar-refractivity contribution in [3.63, 3.8) is 0 Å². The first-order chi connectivity index (χ1) is 11.8. The zero-order chi connectivity index (χ0) is 19.4. The van der Waals surface area contributed by atoms with Crippen molar-refractivity contribution in [1.82, 2.24) is 0 Å². The molecule has 0 N–H and O–H groups in total. The van der Waals surface area contributed by atoms with E-state index in [1.54, 1.807) is 0 Å². The molecule has 146 valence electrons. The molecule has 26 heavy (non-hydrogen) atoms. The van der Waals surface area contributed by atoms with Crippen molar-refractivity contribution in [1.29, 1.82) is 0 Å². The van der Waals surface area contributed by atoms with Crippen LogP contribution in [0.5, 0.6) is 0 Å². The van der Waals surface area contributed by atoms with Gasteiger partial charge in [-0.1, -0.05) is 40.7 Å². The molecule has 0 saturated heterocycles. The molecule has 0 fully saturated rings. The van der Waals surface area contributed by atoms with E-state index in [9.17, 15) is 0 Å². The first-order valence-corrected chi connectivity index (χ1v) is 12.8. The first kappa shape index (κ1) is 19.9. The number of hydrogen-bond acceptors (Lipinski definition) is 3. The molecular weight excluding hydrogens is 340 g/mol. The second-order valence-electron chi connectivity index (χ2n) is 10.8. The van der Waals surface area contributed by atoms with Gasteiger partial charge in [0.2, 0.25) is 0 Å². The summed E-state index contributed by atoms with van der Waals surface area (Å²) in [7, 11) is -1.93. The van der Waals surface area contributed by atoms with Crippen LogP contribution in [-0.2, 0) is 22.2 Å². The second kappa shape index (κ2) is 6.35. The summed E-state index contributed by atoms with van der Waals surface area (Å²) in [5, 5.41) is 0.172. The van der Waals surface area contributed by atoms with Crippen LogP contribution in [0.2, 0.25) is 18.1 Å². The minimum absolute atomic E-state index is 0.00761. The van der Waals surface area contributed by atoms with Crippen molar-refractivity contribution in [3.05, 3.63) is 35.3 Å². The van der Waals surface area contributed by atoms with E-state index in [4.69, 9.17) is 13.6 Å². The van der Waals surface area contributed by atoms with E-state index in [1.807, 2.05) is 12.5 Å². The molecular formula is C22H36O3Si. The number of ether oxygens (including phenoxy) is 1. The van der Waals surface area contributed by atoms with Gasteiger partial charge in [0.25, 0.3) is 0 Å². The lowest BCUT2D eigenvalue weighted by molar-refractivity contribution is -0.111. The minimum Gasteiger partial charge on any atom is -0.472 e. The Balaban J connectivity index is 1.94. The van der Waals surface area contributed by atoms with Crippen molar-refractivity contribution in [2.75, 3.05) is 0 Å². The molecule has 2 heterocycles. The number of rotatable bonds is 4. The fourth-order valence-corrected chi connectivity index (χ4v) is 5.18. The molecule has 0 amide bonds. The van der Waals surface area contributed by atoms with E-state index in [0.717, 1.165) is 19.3 Å². The molecule has 4 heteroatoms. The summed E-state index contributed by atoms with van der Waals surface area (Å²) in [6.07, 6.45) is 9.17. The lowest BCUT2D eigenvalue weighted by atomic mass is 9.82. The Morgan fingerprint density at radius 3 is 2.31 bits per heavy atom. The molecule has 0 saturated carbocycles. The van der Waals surface area contributed by atoms with Crippen LogP contribution in [0.15, 0.2) is 28.6 Å². The largest absolute Gasteiger partial charge is 0.472 e. The van der Waals surface area contributed by atoms with Crippen molar-refractivity contribution >= 4 is 8.32 Å². The summed E-state index contributed by atoms with van der Waals surface area (Å²) >= 11 is 0. The number of furan rings is 1. The van der Waals surface area contributed by atoms with Crippen LogP contribution in [0, 0.1) is 5.41 Å². The maximum atomic E-state index is 7.03. The van der Waals surface area contributed by atoms with Crippen LogP contribution < -0.4 is 0 Å². The zero-order valence-electron chi connectivity index (χ0n) is 17.9. The minimum atomic E-state index is -1.93. The van der Waals surface area contributed by atoms with Crippen molar-refractivity contribution in [2.45, 2.75) is 97.2 Å². The predicted octanol–water partition coefficient (Wildman–Crippen LogP) is 6.25. The van der Waals surface area contributed by atoms with E-state index in [-0.39, 0.29) is 16.7 Å². The van der Waals surface area contributed by atoms with Crippen LogP contribution in [0.4, 0.5) is 0 Å². The normalized spacial score (nSPS) is 27.2. The van der Waals surface area contributed by atoms with Gasteiger partial charge in [0.15, 0.2) is 8.32 Å². The average Bonchev–Trinajstić information content (AvgIpc) is 3.08. The Hall–Kier alpha value is -0.843. The Kier molecular flexibility index (Phi) is 4.86. The fraction of sp³-hybridized carbons (Fsp3) is 0.727. The van der Waals surface area contributed by atoms with Crippen LogP contribution >= 0.6 is 0 Å². The molecule has 1 aromatic heterocycles. The molecule has 2 atom stereocenters. The average molecular weight is 377 g/mol. The third-order valence-electron chi connectivity index (χ3n) is 6.64. The quantitative estimate of drug-likeness (QED) is 0.460. The smallest absolute Gasteiger partial charge is 0.193 e. The highest BCUT2D eigenvalue weighted by Gasteiger charge is 2.49. The Morgan fingerprint density at radius 1 is 1.08 bits per heavy atom. The lowest BCUT2D eigenvalue weighted by Gasteiger charge is -2.47. The summed E-state index contributed by atoms with van der Waals surface area (Å²) < 4.78 is 18.9. The van der Waals surface area contributed by atoms with Gasteiger partial charge in [-0.2, -0.15) is 0 Å². The van der Waals surface area contributed by atoms with Gasteiger partial charge in [0, 0.05) is 12.0 Å². The zero-order valence-corrected chi connectivity index (χ0v) is 18.9. The number of hydrogen-bond donors (Lipinski definition) is 0. The highest BCUT2D eigenvalue weighted by molar-refractivity contribution is 6.74. The van der Waals surface area contributed by atoms with Gasteiger partial charge < -0.3 is 13.6 Å². The fourth-order valence-electron chi connectivity index (χ4n) is 3.84. The molecule has 3 rings (SSSR count). The van der Waals surface area contributed by atoms with Crippen molar-refractivity contribution in [3.8, 4) is 0 Å². The monoisotopic (exact) mass is 376 g/mol. The molecule has 0 spiro atoms. The highest BCUT2D eigenvalue weighted by Crippen LogP contribution is 2.47. The summed E-state index contributed by atoms with van der Waals surface area (Å²) in [5.41, 5.74) is 3.83. The van der Waals surface area contributed by atoms with Gasteiger partial charge in [-0.3, -0.25) is 0 Å². The molecule has 1 aromatic rings. The van der Waals surface area contributed by atoms with Gasteiger partial charge in [-0.15, -0.1) is 0 Å². The van der Waals surface area contributed by atoms with Gasteiger partial charge in [-0.05, 0) is 54.4 Å². The Labute approximate surface area is 160 Å². The Morgan fingerprint density at radius 2 is 1.73 bits per heavy atom. The van der Waals surface area contributed by atoms with E-state index < -0.39 is 8.32 Å². The molecule has 2 aliphatic rings. The van der Waals surface area contributed by atoms with Gasteiger partial charge in [0.1, 0.15) is 0 Å². The maximum absolute atomic E-state index is 7.03. The molecule has 0 bridgehead atoms. The standard InChI is InChI=1S/C22H36O3Si/c1-20(2,3)26(7,8)25-19(16-9-10-21(4,5)11-16)22(6)12-17-13-23-14-18(17)15-24-22/h9,13-14,19H,10-12,15H2,1-8H3/t19-,22+/m1/s1.